The maximum Gasteiger partial charge on any atom is 0.311 e. The number of hydrogen-bond donors (Lipinski definition) is 0. The van der Waals surface area contributed by atoms with Crippen LogP contribution in [0.3, 0.4) is 0 Å². The highest BCUT2D eigenvalue weighted by Gasteiger charge is 2.46. The number of nitrogens with zero attached hydrogens (tertiary/aromatic N) is 4. The molecule has 0 N–H and O–H groups in total. The summed E-state index contributed by atoms with van der Waals surface area (Å²) in [7, 11) is 0. The van der Waals surface area contributed by atoms with Crippen LogP contribution in [0.5, 0.6) is 5.75 Å². The van der Waals surface area contributed by atoms with Gasteiger partial charge in [0, 0.05) is 16.7 Å². The fourth-order valence-corrected chi connectivity index (χ4v) is 2.36. The van der Waals surface area contributed by atoms with Gasteiger partial charge in [-0.2, -0.15) is 0 Å². The van der Waals surface area contributed by atoms with Gasteiger partial charge in [0.15, 0.2) is 5.75 Å². The summed E-state index contributed by atoms with van der Waals surface area (Å²) in [5.74, 6) is 0.146. The second-order valence-electron chi connectivity index (χ2n) is 6.21. The van der Waals surface area contributed by atoms with Crippen molar-refractivity contribution in [2.24, 2.45) is 5.11 Å². The van der Waals surface area contributed by atoms with E-state index in [9.17, 15) is 10.1 Å². The van der Waals surface area contributed by atoms with E-state index in [0.29, 0.717) is 6.10 Å². The molecule has 1 aliphatic rings. The molecule has 1 aromatic rings. The first kappa shape index (κ1) is 17.8. The van der Waals surface area contributed by atoms with Crippen LogP contribution in [0.4, 0.5) is 11.4 Å². The summed E-state index contributed by atoms with van der Waals surface area (Å²) < 4.78 is 11.0. The van der Waals surface area contributed by atoms with Gasteiger partial charge in [0.1, 0.15) is 6.61 Å². The molecule has 0 radical (unpaired) electrons. The molecule has 128 valence electrons. The lowest BCUT2D eigenvalue weighted by atomic mass is 10.0. The molecule has 1 fully saturated rings. The van der Waals surface area contributed by atoms with Crippen LogP contribution in [0.25, 0.3) is 10.4 Å². The quantitative estimate of drug-likeness (QED) is 0.129. The number of azide groups is 1. The number of nitro groups is 1. The van der Waals surface area contributed by atoms with Gasteiger partial charge in [-0.25, -0.2) is 0 Å². The average Bonchev–Trinajstić information content (AvgIpc) is 3.13. The molecular formula is C16H20N4O4. The van der Waals surface area contributed by atoms with E-state index in [0.717, 1.165) is 18.4 Å². The van der Waals surface area contributed by atoms with E-state index >= 15 is 0 Å². The van der Waals surface area contributed by atoms with Crippen LogP contribution in [-0.4, -0.2) is 23.2 Å². The van der Waals surface area contributed by atoms with E-state index in [1.54, 1.807) is 0 Å². The predicted octanol–water partition coefficient (Wildman–Crippen LogP) is 4.82. The van der Waals surface area contributed by atoms with Crippen molar-refractivity contribution in [3.8, 4) is 5.75 Å². The van der Waals surface area contributed by atoms with Crippen molar-refractivity contribution in [1.82, 2.24) is 0 Å². The molecule has 0 amide bonds. The minimum absolute atomic E-state index is 0.00888. The predicted molar refractivity (Wildman–Crippen MR) is 89.3 cm³/mol. The minimum Gasteiger partial charge on any atom is -0.483 e. The highest BCUT2D eigenvalue weighted by Crippen LogP contribution is 2.39. The van der Waals surface area contributed by atoms with Gasteiger partial charge in [0.25, 0.3) is 0 Å². The van der Waals surface area contributed by atoms with E-state index in [1.807, 2.05) is 13.0 Å². The normalized spacial score (nSPS) is 18.6. The van der Waals surface area contributed by atoms with Crippen molar-refractivity contribution in [2.75, 3.05) is 6.61 Å². The van der Waals surface area contributed by atoms with E-state index in [2.05, 4.69) is 23.9 Å². The minimum atomic E-state index is -0.561. The van der Waals surface area contributed by atoms with Gasteiger partial charge in [0.05, 0.1) is 16.6 Å². The molecule has 0 saturated carbocycles. The summed E-state index contributed by atoms with van der Waals surface area (Å²) in [5, 5.41) is 14.4. The molecule has 8 heteroatoms. The SMILES string of the molecule is C/C(=C\COc1ccc(N=[N+]=[N-])cc1[N+](=O)[O-])CCC1OC1(C)C. The van der Waals surface area contributed by atoms with Gasteiger partial charge in [-0.3, -0.25) is 10.1 Å². The molecule has 0 aliphatic carbocycles. The summed E-state index contributed by atoms with van der Waals surface area (Å²) in [6.07, 6.45) is 4.06. The third-order valence-corrected chi connectivity index (χ3v) is 3.94. The van der Waals surface area contributed by atoms with Crippen molar-refractivity contribution in [3.05, 3.63) is 50.4 Å². The summed E-state index contributed by atoms with van der Waals surface area (Å²) in [5.41, 5.74) is 9.48. The van der Waals surface area contributed by atoms with Crippen molar-refractivity contribution in [3.63, 3.8) is 0 Å². The smallest absolute Gasteiger partial charge is 0.311 e. The number of nitro benzene ring substituents is 1. The number of rotatable bonds is 8. The summed E-state index contributed by atoms with van der Waals surface area (Å²) in [6, 6.07) is 4.11. The standard InChI is InChI=1S/C16H20N4O4/c1-11(4-7-15-16(2,3)24-15)8-9-23-14-6-5-12(18-19-17)10-13(14)20(21)22/h5-6,8,10,15H,4,7,9H2,1-3H3/b11-8+. The van der Waals surface area contributed by atoms with Gasteiger partial charge in [-0.15, -0.1) is 0 Å². The van der Waals surface area contributed by atoms with Crippen LogP contribution >= 0.6 is 0 Å². The zero-order valence-corrected chi connectivity index (χ0v) is 13.9. The van der Waals surface area contributed by atoms with Crippen LogP contribution in [0, 0.1) is 10.1 Å². The Hall–Kier alpha value is -2.57. The van der Waals surface area contributed by atoms with Crippen molar-refractivity contribution < 1.29 is 14.4 Å². The molecule has 0 aromatic heterocycles. The average molecular weight is 332 g/mol. The zero-order valence-electron chi connectivity index (χ0n) is 13.9. The van der Waals surface area contributed by atoms with E-state index in [1.165, 1.54) is 18.2 Å². The number of benzene rings is 1. The first-order chi connectivity index (χ1) is 11.3. The molecular weight excluding hydrogens is 312 g/mol. The van der Waals surface area contributed by atoms with Crippen molar-refractivity contribution >= 4 is 11.4 Å². The molecule has 8 nitrogen and oxygen atoms in total. The first-order valence-electron chi connectivity index (χ1n) is 7.63. The van der Waals surface area contributed by atoms with Crippen LogP contribution in [0.15, 0.2) is 35.0 Å². The molecule has 1 heterocycles. The van der Waals surface area contributed by atoms with Crippen molar-refractivity contribution in [2.45, 2.75) is 45.3 Å². The fraction of sp³-hybridized carbons (Fsp3) is 0.500. The number of epoxide rings is 1. The van der Waals surface area contributed by atoms with Gasteiger partial charge < -0.3 is 9.47 Å². The van der Waals surface area contributed by atoms with Crippen LogP contribution < -0.4 is 4.74 Å². The van der Waals surface area contributed by atoms with Crippen LogP contribution in [-0.2, 0) is 4.74 Å². The van der Waals surface area contributed by atoms with Gasteiger partial charge in [-0.1, -0.05) is 10.7 Å². The second kappa shape index (κ2) is 7.33. The number of hydrogen-bond acceptors (Lipinski definition) is 5. The summed E-state index contributed by atoms with van der Waals surface area (Å²) in [6.45, 7) is 6.37. The molecule has 1 saturated heterocycles. The van der Waals surface area contributed by atoms with Crippen LogP contribution in [0.2, 0.25) is 0 Å². The molecule has 0 bridgehead atoms. The highest BCUT2D eigenvalue weighted by molar-refractivity contribution is 5.55. The van der Waals surface area contributed by atoms with Gasteiger partial charge in [0.2, 0.25) is 0 Å². The Labute approximate surface area is 139 Å². The van der Waals surface area contributed by atoms with Gasteiger partial charge in [-0.05, 0) is 57.4 Å². The maximum absolute atomic E-state index is 11.1. The first-order valence-corrected chi connectivity index (χ1v) is 7.63. The lowest BCUT2D eigenvalue weighted by molar-refractivity contribution is -0.385. The molecule has 1 unspecified atom stereocenters. The molecule has 2 rings (SSSR count). The molecule has 24 heavy (non-hydrogen) atoms. The van der Waals surface area contributed by atoms with Crippen LogP contribution in [0.1, 0.15) is 33.6 Å². The van der Waals surface area contributed by atoms with E-state index in [4.69, 9.17) is 15.0 Å². The largest absolute Gasteiger partial charge is 0.483 e. The number of ether oxygens (including phenoxy) is 2. The Morgan fingerprint density at radius 2 is 2.29 bits per heavy atom. The lowest BCUT2D eigenvalue weighted by Gasteiger charge is -2.06. The lowest BCUT2D eigenvalue weighted by Crippen LogP contribution is -2.03. The number of allylic oxidation sites excluding steroid dienone is 1. The third kappa shape index (κ3) is 4.71. The van der Waals surface area contributed by atoms with E-state index in [-0.39, 0.29) is 29.3 Å². The Bertz CT molecular complexity index is 708. The maximum atomic E-state index is 11.1. The highest BCUT2D eigenvalue weighted by atomic mass is 16.6. The molecule has 0 spiro atoms. The van der Waals surface area contributed by atoms with Crippen molar-refractivity contribution in [1.29, 1.82) is 0 Å². The monoisotopic (exact) mass is 332 g/mol. The Morgan fingerprint density at radius 3 is 2.88 bits per heavy atom. The molecule has 1 aliphatic heterocycles. The second-order valence-corrected chi connectivity index (χ2v) is 6.21. The fourth-order valence-electron chi connectivity index (χ4n) is 2.36. The Kier molecular flexibility index (Phi) is 5.43. The Morgan fingerprint density at radius 1 is 1.58 bits per heavy atom. The third-order valence-electron chi connectivity index (χ3n) is 3.94. The topological polar surface area (TPSA) is 114 Å². The molecule has 1 aromatic carbocycles. The summed E-state index contributed by atoms with van der Waals surface area (Å²) >= 11 is 0. The molecule has 1 atom stereocenters. The van der Waals surface area contributed by atoms with Gasteiger partial charge >= 0.3 is 5.69 Å². The van der Waals surface area contributed by atoms with E-state index < -0.39 is 4.92 Å². The zero-order chi connectivity index (χ0) is 17.7. The Balaban J connectivity index is 1.92. The summed E-state index contributed by atoms with van der Waals surface area (Å²) in [4.78, 5) is 13.1.